The zero-order chi connectivity index (χ0) is 15.6. The molecule has 4 rings (SSSR count). The van der Waals surface area contributed by atoms with Gasteiger partial charge in [-0.3, -0.25) is 0 Å². The highest BCUT2D eigenvalue weighted by Crippen LogP contribution is 2.33. The van der Waals surface area contributed by atoms with E-state index in [4.69, 9.17) is 9.47 Å². The van der Waals surface area contributed by atoms with E-state index in [2.05, 4.69) is 31.2 Å². The molecule has 0 atom stereocenters. The number of hydrogen-bond acceptors (Lipinski definition) is 6. The summed E-state index contributed by atoms with van der Waals surface area (Å²) in [4.78, 5) is 9.94. The molecule has 5 nitrogen and oxygen atoms in total. The second kappa shape index (κ2) is 6.17. The van der Waals surface area contributed by atoms with Crippen molar-refractivity contribution in [3.05, 3.63) is 51.9 Å². The number of halogens is 1. The third-order valence-corrected chi connectivity index (χ3v) is 5.25. The average molecular weight is 390 g/mol. The third-order valence-electron chi connectivity index (χ3n) is 3.39. The predicted octanol–water partition coefficient (Wildman–Crippen LogP) is 4.31. The number of nitrogens with one attached hydrogen (secondary N) is 1. The Morgan fingerprint density at radius 1 is 1.17 bits per heavy atom. The Balaban J connectivity index is 1.50. The number of rotatable bonds is 4. The first-order chi connectivity index (χ1) is 11.3. The van der Waals surface area contributed by atoms with Crippen molar-refractivity contribution in [1.29, 1.82) is 0 Å². The van der Waals surface area contributed by atoms with E-state index in [0.717, 1.165) is 32.1 Å². The van der Waals surface area contributed by atoms with Crippen LogP contribution in [0.1, 0.15) is 5.56 Å². The molecule has 0 saturated carbocycles. The Kier molecular flexibility index (Phi) is 3.88. The molecule has 3 aromatic rings. The van der Waals surface area contributed by atoms with Gasteiger partial charge in [-0.05, 0) is 51.1 Å². The lowest BCUT2D eigenvalue weighted by Crippen LogP contribution is -2.03. The molecule has 3 heterocycles. The summed E-state index contributed by atoms with van der Waals surface area (Å²) in [5, 5.41) is 5.27. The fraction of sp³-hybridized carbons (Fsp3) is 0.125. The molecule has 0 aliphatic carbocycles. The van der Waals surface area contributed by atoms with E-state index in [1.807, 2.05) is 35.7 Å². The van der Waals surface area contributed by atoms with Crippen molar-refractivity contribution in [2.45, 2.75) is 6.54 Å². The molecule has 116 valence electrons. The number of ether oxygens (including phenoxy) is 2. The number of nitrogens with zero attached hydrogens (tertiary/aromatic N) is 2. The summed E-state index contributed by atoms with van der Waals surface area (Å²) in [7, 11) is 0. The number of hydrogen-bond donors (Lipinski definition) is 1. The van der Waals surface area contributed by atoms with Gasteiger partial charge in [0, 0.05) is 17.2 Å². The molecule has 0 radical (unpaired) electrons. The number of thiophene rings is 1. The number of fused-ring (bicyclic) bond motifs is 1. The molecular weight excluding hydrogens is 378 g/mol. The van der Waals surface area contributed by atoms with Crippen molar-refractivity contribution in [1.82, 2.24) is 9.97 Å². The van der Waals surface area contributed by atoms with Crippen LogP contribution >= 0.6 is 27.3 Å². The van der Waals surface area contributed by atoms with E-state index in [9.17, 15) is 0 Å². The lowest BCUT2D eigenvalue weighted by atomic mass is 10.2. The topological polar surface area (TPSA) is 56.3 Å². The minimum atomic E-state index is 0.285. The Hall–Kier alpha value is -2.12. The van der Waals surface area contributed by atoms with Crippen molar-refractivity contribution < 1.29 is 9.47 Å². The first kappa shape index (κ1) is 14.5. The van der Waals surface area contributed by atoms with Gasteiger partial charge in [0.25, 0.3) is 0 Å². The first-order valence-electron chi connectivity index (χ1n) is 6.98. The molecule has 1 N–H and O–H groups in total. The molecule has 0 unspecified atom stereocenters. The van der Waals surface area contributed by atoms with E-state index in [1.54, 1.807) is 17.5 Å². The molecule has 23 heavy (non-hydrogen) atoms. The van der Waals surface area contributed by atoms with Gasteiger partial charge in [-0.15, -0.1) is 11.3 Å². The fourth-order valence-corrected chi connectivity index (χ4v) is 3.82. The summed E-state index contributed by atoms with van der Waals surface area (Å²) < 4.78 is 11.7. The Morgan fingerprint density at radius 2 is 2.09 bits per heavy atom. The molecule has 7 heteroatoms. The van der Waals surface area contributed by atoms with E-state index in [1.165, 1.54) is 0 Å². The summed E-state index contributed by atoms with van der Waals surface area (Å²) >= 11 is 5.18. The molecule has 1 aliphatic heterocycles. The maximum absolute atomic E-state index is 5.39. The maximum Gasteiger partial charge on any atom is 0.231 e. The van der Waals surface area contributed by atoms with Crippen LogP contribution in [0.3, 0.4) is 0 Å². The van der Waals surface area contributed by atoms with Crippen LogP contribution in [0.5, 0.6) is 11.5 Å². The average Bonchev–Trinajstić information content (AvgIpc) is 3.21. The fourth-order valence-electron chi connectivity index (χ4n) is 2.28. The van der Waals surface area contributed by atoms with Crippen molar-refractivity contribution in [3.8, 4) is 22.1 Å². The third kappa shape index (κ3) is 3.02. The lowest BCUT2D eigenvalue weighted by molar-refractivity contribution is 0.174. The lowest BCUT2D eigenvalue weighted by Gasteiger charge is -2.07. The standard InChI is InChI=1S/C16H12BrN3O2S/c17-11-4-6-23-15(11)12-3-5-18-16(20-12)19-8-10-1-2-13-14(7-10)22-9-21-13/h1-7H,8-9H2,(H,18,19,20). The van der Waals surface area contributed by atoms with Crippen LogP contribution in [-0.4, -0.2) is 16.8 Å². The van der Waals surface area contributed by atoms with Gasteiger partial charge in [0.15, 0.2) is 11.5 Å². The molecule has 1 aliphatic rings. The Bertz CT molecular complexity index is 853. The molecule has 0 fully saturated rings. The Labute approximate surface area is 145 Å². The minimum Gasteiger partial charge on any atom is -0.454 e. The van der Waals surface area contributed by atoms with E-state index >= 15 is 0 Å². The highest BCUT2D eigenvalue weighted by atomic mass is 79.9. The van der Waals surface area contributed by atoms with Gasteiger partial charge in [0.2, 0.25) is 12.7 Å². The van der Waals surface area contributed by atoms with E-state index < -0.39 is 0 Å². The summed E-state index contributed by atoms with van der Waals surface area (Å²) in [6.45, 7) is 0.902. The second-order valence-corrected chi connectivity index (χ2v) is 6.67. The predicted molar refractivity (Wildman–Crippen MR) is 92.9 cm³/mol. The maximum atomic E-state index is 5.39. The highest BCUT2D eigenvalue weighted by molar-refractivity contribution is 9.10. The molecular formula is C16H12BrN3O2S. The number of benzene rings is 1. The summed E-state index contributed by atoms with van der Waals surface area (Å²) in [6.07, 6.45) is 1.76. The SMILES string of the molecule is Brc1ccsc1-c1ccnc(NCc2ccc3c(c2)OCO3)n1. The Morgan fingerprint density at radius 3 is 2.96 bits per heavy atom. The van der Waals surface area contributed by atoms with Gasteiger partial charge in [-0.2, -0.15) is 0 Å². The smallest absolute Gasteiger partial charge is 0.231 e. The molecule has 2 aromatic heterocycles. The van der Waals surface area contributed by atoms with Crippen LogP contribution in [0.4, 0.5) is 5.95 Å². The summed E-state index contributed by atoms with van der Waals surface area (Å²) in [6, 6.07) is 9.80. The quantitative estimate of drug-likeness (QED) is 0.720. The largest absolute Gasteiger partial charge is 0.454 e. The van der Waals surface area contributed by atoms with Gasteiger partial charge in [0.05, 0.1) is 10.6 Å². The van der Waals surface area contributed by atoms with Gasteiger partial charge >= 0.3 is 0 Å². The van der Waals surface area contributed by atoms with Crippen molar-refractivity contribution >= 4 is 33.2 Å². The van der Waals surface area contributed by atoms with Crippen LogP contribution in [0, 0.1) is 0 Å². The minimum absolute atomic E-state index is 0.285. The van der Waals surface area contributed by atoms with Gasteiger partial charge in [-0.25, -0.2) is 9.97 Å². The molecule has 0 spiro atoms. The van der Waals surface area contributed by atoms with Crippen LogP contribution in [0.2, 0.25) is 0 Å². The number of aromatic nitrogens is 2. The zero-order valence-corrected chi connectivity index (χ0v) is 14.4. The van der Waals surface area contributed by atoms with Crippen LogP contribution in [-0.2, 0) is 6.54 Å². The van der Waals surface area contributed by atoms with Crippen molar-refractivity contribution in [2.75, 3.05) is 12.1 Å². The van der Waals surface area contributed by atoms with Crippen molar-refractivity contribution in [3.63, 3.8) is 0 Å². The van der Waals surface area contributed by atoms with Crippen LogP contribution in [0.15, 0.2) is 46.4 Å². The summed E-state index contributed by atoms with van der Waals surface area (Å²) in [5.41, 5.74) is 1.98. The molecule has 0 amide bonds. The van der Waals surface area contributed by atoms with Crippen molar-refractivity contribution in [2.24, 2.45) is 0 Å². The van der Waals surface area contributed by atoms with Crippen LogP contribution in [0.25, 0.3) is 10.6 Å². The molecule has 1 aromatic carbocycles. The normalized spacial score (nSPS) is 12.4. The highest BCUT2D eigenvalue weighted by Gasteiger charge is 2.13. The van der Waals surface area contributed by atoms with Gasteiger partial charge in [0.1, 0.15) is 0 Å². The van der Waals surface area contributed by atoms with Crippen LogP contribution < -0.4 is 14.8 Å². The molecule has 0 saturated heterocycles. The zero-order valence-electron chi connectivity index (χ0n) is 12.0. The van der Waals surface area contributed by atoms with E-state index in [-0.39, 0.29) is 6.79 Å². The first-order valence-corrected chi connectivity index (χ1v) is 8.66. The molecule has 0 bridgehead atoms. The van der Waals surface area contributed by atoms with Gasteiger partial charge < -0.3 is 14.8 Å². The number of anilines is 1. The second-order valence-electron chi connectivity index (χ2n) is 4.90. The monoisotopic (exact) mass is 389 g/mol. The van der Waals surface area contributed by atoms with E-state index in [0.29, 0.717) is 12.5 Å². The van der Waals surface area contributed by atoms with Gasteiger partial charge in [-0.1, -0.05) is 6.07 Å². The summed E-state index contributed by atoms with van der Waals surface area (Å²) in [5.74, 6) is 2.16.